The second-order valence-electron chi connectivity index (χ2n) is 20.2. The Hall–Kier alpha value is 1.63. The summed E-state index contributed by atoms with van der Waals surface area (Å²) in [6, 6.07) is 0. The first-order valence-corrected chi connectivity index (χ1v) is 32.3. The molecular weight excluding hydrogens is 959 g/mol. The molecule has 0 radical (unpaired) electrons. The maximum absolute atomic E-state index is 8.52. The number of hydrogen-bond acceptors (Lipinski definition) is 10. The van der Waals surface area contributed by atoms with Gasteiger partial charge in [0.25, 0.3) is 0 Å². The van der Waals surface area contributed by atoms with E-state index >= 15 is 0 Å². The maximum Gasteiger partial charge on any atom is 1.00 e. The van der Waals surface area contributed by atoms with Gasteiger partial charge in [0.05, 0.1) is 52.9 Å². The van der Waals surface area contributed by atoms with E-state index in [9.17, 15) is 0 Å². The average molecular weight is 1080 g/mol. The molecule has 13 heteroatoms. The minimum Gasteiger partial charge on any atom is -0.759 e. The molecule has 0 fully saturated rings. The summed E-state index contributed by atoms with van der Waals surface area (Å²) in [6.45, 7) is 18.3. The van der Waals surface area contributed by atoms with Crippen LogP contribution in [0.15, 0.2) is 0 Å². The topological polar surface area (TPSA) is 136 Å². The summed E-state index contributed by atoms with van der Waals surface area (Å²) in [5.41, 5.74) is 0. The van der Waals surface area contributed by atoms with Crippen molar-refractivity contribution in [1.82, 2.24) is 0 Å². The Morgan fingerprint density at radius 1 is 0.205 bits per heavy atom. The number of hydrogen-bond donors (Lipinski definition) is 0. The first-order valence-electron chi connectivity index (χ1n) is 31.0. The van der Waals surface area contributed by atoms with Crippen LogP contribution in [0.5, 0.6) is 0 Å². The van der Waals surface area contributed by atoms with E-state index in [-0.39, 0.29) is 59.1 Å². The number of unbranched alkanes of at least 4 members (excludes halogenated alkanes) is 40. The van der Waals surface area contributed by atoms with Crippen molar-refractivity contribution >= 4 is 10.4 Å². The second-order valence-corrected chi connectivity index (χ2v) is 21.0. The van der Waals surface area contributed by atoms with Gasteiger partial charge in [-0.15, -0.1) is 0 Å². The molecule has 432 valence electrons. The van der Waals surface area contributed by atoms with Gasteiger partial charge in [-0.25, -0.2) is 0 Å². The second kappa shape index (κ2) is 80.1. The molecule has 0 aliphatic rings. The van der Waals surface area contributed by atoms with Crippen LogP contribution in [0, 0.1) is 0 Å². The molecule has 73 heavy (non-hydrogen) atoms. The van der Waals surface area contributed by atoms with Gasteiger partial charge in [-0.3, -0.25) is 8.42 Å². The van der Waals surface area contributed by atoms with Crippen molar-refractivity contribution in [2.24, 2.45) is 0 Å². The van der Waals surface area contributed by atoms with Gasteiger partial charge < -0.3 is 37.5 Å². The Morgan fingerprint density at radius 2 is 0.301 bits per heavy atom. The van der Waals surface area contributed by atoms with Crippen molar-refractivity contribution < 1.29 is 105 Å². The van der Waals surface area contributed by atoms with Crippen LogP contribution in [0.25, 0.3) is 0 Å². The van der Waals surface area contributed by atoms with Crippen molar-refractivity contribution in [1.29, 1.82) is 0 Å². The molecule has 10 nitrogen and oxygen atoms in total. The van der Waals surface area contributed by atoms with Gasteiger partial charge in [-0.1, -0.05) is 285 Å². The van der Waals surface area contributed by atoms with Crippen LogP contribution in [0.3, 0.4) is 0 Å². The molecule has 0 aromatic rings. The Morgan fingerprint density at radius 3 is 0.425 bits per heavy atom. The fraction of sp³-hybridized carbons (Fsp3) is 1.00. The van der Waals surface area contributed by atoms with Crippen LogP contribution in [0.2, 0.25) is 0 Å². The Balaban J connectivity index is -0.000000376. The molecule has 0 unspecified atom stereocenters. The standard InChI is InChI=1S/2C30H62O3.2Na.H2O4S/c2*1-3-5-7-9-11-13-15-17-19-21-23-25-31-27-29-33-30-28-32-26-24-22-20-18-16-14-12-10-8-6-4-2;;;1-5(2,3)4/h2*3-30H2,1-2H3;;;(H2,1,2,3,4)/q;;2*+1;/p-2. The van der Waals surface area contributed by atoms with Gasteiger partial charge in [0.2, 0.25) is 0 Å². The van der Waals surface area contributed by atoms with Gasteiger partial charge in [-0.05, 0) is 25.7 Å². The van der Waals surface area contributed by atoms with E-state index in [0.717, 1.165) is 52.9 Å². The summed E-state index contributed by atoms with van der Waals surface area (Å²) in [6.07, 6.45) is 60.8. The largest absolute Gasteiger partial charge is 1.00 e. The summed E-state index contributed by atoms with van der Waals surface area (Å²) >= 11 is 0. The zero-order valence-electron chi connectivity index (χ0n) is 50.1. The molecule has 0 atom stereocenters. The molecule has 0 saturated heterocycles. The fourth-order valence-corrected chi connectivity index (χ4v) is 8.56. The maximum atomic E-state index is 8.52. The summed E-state index contributed by atoms with van der Waals surface area (Å²) < 4.78 is 68.0. The number of rotatable bonds is 60. The van der Waals surface area contributed by atoms with E-state index in [2.05, 4.69) is 27.7 Å². The van der Waals surface area contributed by atoms with E-state index in [1.807, 2.05) is 0 Å². The van der Waals surface area contributed by atoms with Gasteiger partial charge in [0, 0.05) is 36.8 Å². The summed E-state index contributed by atoms with van der Waals surface area (Å²) in [5, 5.41) is 0. The van der Waals surface area contributed by atoms with E-state index in [4.69, 9.17) is 45.9 Å². The SMILES string of the molecule is CCCCCCCCCCCCCOCCOCCOCCCCCCCCCCCCC.CCCCCCCCCCCCCOCCOCCOCCCCCCCCCCCCC.O=S(=O)([O-])[O-].[Na+].[Na+]. The summed E-state index contributed by atoms with van der Waals surface area (Å²) in [7, 11) is -5.17. The van der Waals surface area contributed by atoms with Crippen LogP contribution >= 0.6 is 0 Å². The monoisotopic (exact) mass is 1080 g/mol. The Kier molecular flexibility index (Phi) is 91.6. The molecule has 0 aliphatic heterocycles. The first-order chi connectivity index (χ1) is 34.8. The van der Waals surface area contributed by atoms with Gasteiger partial charge in [0.1, 0.15) is 0 Å². The van der Waals surface area contributed by atoms with Crippen LogP contribution in [-0.2, 0) is 38.8 Å². The molecule has 0 saturated carbocycles. The van der Waals surface area contributed by atoms with Crippen LogP contribution in [0.1, 0.15) is 310 Å². The van der Waals surface area contributed by atoms with Crippen molar-refractivity contribution in [3.05, 3.63) is 0 Å². The minimum atomic E-state index is -5.17. The molecule has 0 bridgehead atoms. The molecule has 0 N–H and O–H groups in total. The summed E-state index contributed by atoms with van der Waals surface area (Å²) in [4.78, 5) is 0. The van der Waals surface area contributed by atoms with Crippen LogP contribution in [-0.4, -0.2) is 96.8 Å². The van der Waals surface area contributed by atoms with Crippen molar-refractivity contribution in [3.8, 4) is 0 Å². The molecule has 0 spiro atoms. The Labute approximate surface area is 500 Å². The van der Waals surface area contributed by atoms with E-state index < -0.39 is 10.4 Å². The summed E-state index contributed by atoms with van der Waals surface area (Å²) in [5.74, 6) is 0. The van der Waals surface area contributed by atoms with Gasteiger partial charge >= 0.3 is 59.1 Å². The Bertz CT molecular complexity index is 871. The number of ether oxygens (including phenoxy) is 6. The quantitative estimate of drug-likeness (QED) is 0.0251. The zero-order chi connectivity index (χ0) is 52.3. The normalized spacial score (nSPS) is 11.2. The fourth-order valence-electron chi connectivity index (χ4n) is 8.56. The predicted molar refractivity (Wildman–Crippen MR) is 301 cm³/mol. The molecule has 0 aliphatic carbocycles. The van der Waals surface area contributed by atoms with Crippen LogP contribution in [0.4, 0.5) is 0 Å². The molecule has 0 aromatic carbocycles. The van der Waals surface area contributed by atoms with Gasteiger partial charge in [-0.2, -0.15) is 0 Å². The van der Waals surface area contributed by atoms with Crippen molar-refractivity contribution in [2.75, 3.05) is 79.3 Å². The third kappa shape index (κ3) is 99.5. The third-order valence-corrected chi connectivity index (χ3v) is 13.1. The van der Waals surface area contributed by atoms with Crippen molar-refractivity contribution in [3.63, 3.8) is 0 Å². The molecule has 0 aromatic heterocycles. The molecular formula is C60H124Na2O10S. The van der Waals surface area contributed by atoms with E-state index in [1.54, 1.807) is 0 Å². The van der Waals surface area contributed by atoms with Crippen molar-refractivity contribution in [2.45, 2.75) is 310 Å². The first kappa shape index (κ1) is 83.5. The molecule has 0 rings (SSSR count). The van der Waals surface area contributed by atoms with E-state index in [0.29, 0.717) is 26.4 Å². The van der Waals surface area contributed by atoms with Crippen LogP contribution < -0.4 is 59.1 Å². The predicted octanol–water partition coefficient (Wildman–Crippen LogP) is 12.0. The smallest absolute Gasteiger partial charge is 0.759 e. The zero-order valence-corrected chi connectivity index (χ0v) is 54.9. The molecule has 0 heterocycles. The third-order valence-electron chi connectivity index (χ3n) is 13.1. The average Bonchev–Trinajstić information content (AvgIpc) is 3.35. The molecule has 0 amide bonds. The van der Waals surface area contributed by atoms with E-state index in [1.165, 1.54) is 283 Å². The van der Waals surface area contributed by atoms with Gasteiger partial charge in [0.15, 0.2) is 0 Å². The minimum absolute atomic E-state index is 0.